The Labute approximate surface area is 155 Å². The van der Waals surface area contributed by atoms with Crippen LogP contribution in [0, 0.1) is 16.0 Å². The van der Waals surface area contributed by atoms with E-state index in [1.807, 2.05) is 6.92 Å². The van der Waals surface area contributed by atoms with Crippen LogP contribution >= 0.6 is 0 Å². The van der Waals surface area contributed by atoms with Gasteiger partial charge in [0.2, 0.25) is 5.75 Å². The number of unbranched alkanes of at least 4 members (excludes halogenated alkanes) is 1. The SMILES string of the molecule is CCCCOC(=O)C1C(C)=NC(=O)NC1c1cc(OC)c(O)c([N+](=O)[O-])c1. The maximum absolute atomic E-state index is 12.5. The molecule has 0 aromatic heterocycles. The summed E-state index contributed by atoms with van der Waals surface area (Å²) in [5.41, 5.74) is -0.145. The van der Waals surface area contributed by atoms with Crippen molar-refractivity contribution in [2.45, 2.75) is 32.7 Å². The number of aromatic hydroxyl groups is 1. The minimum Gasteiger partial charge on any atom is -0.500 e. The van der Waals surface area contributed by atoms with E-state index in [0.717, 1.165) is 12.5 Å². The average Bonchev–Trinajstić information content (AvgIpc) is 2.61. The number of nitrogens with one attached hydrogen (secondary N) is 1. The zero-order valence-corrected chi connectivity index (χ0v) is 15.2. The van der Waals surface area contributed by atoms with Crippen LogP contribution in [-0.2, 0) is 9.53 Å². The van der Waals surface area contributed by atoms with Crippen LogP contribution in [0.5, 0.6) is 11.5 Å². The minimum absolute atomic E-state index is 0.147. The molecule has 0 spiro atoms. The van der Waals surface area contributed by atoms with Crippen molar-refractivity contribution in [2.24, 2.45) is 10.9 Å². The average molecular weight is 379 g/mol. The minimum atomic E-state index is -0.951. The number of hydrogen-bond acceptors (Lipinski definition) is 7. The maximum Gasteiger partial charge on any atom is 0.341 e. The van der Waals surface area contributed by atoms with Crippen molar-refractivity contribution in [2.75, 3.05) is 13.7 Å². The molecule has 1 aromatic carbocycles. The van der Waals surface area contributed by atoms with Crippen molar-refractivity contribution >= 4 is 23.4 Å². The van der Waals surface area contributed by atoms with E-state index in [1.54, 1.807) is 0 Å². The van der Waals surface area contributed by atoms with Crippen molar-refractivity contribution in [3.63, 3.8) is 0 Å². The zero-order chi connectivity index (χ0) is 20.1. The molecule has 2 N–H and O–H groups in total. The molecule has 2 atom stereocenters. The van der Waals surface area contributed by atoms with Crippen LogP contribution in [0.15, 0.2) is 17.1 Å². The number of ether oxygens (including phenoxy) is 2. The highest BCUT2D eigenvalue weighted by molar-refractivity contribution is 6.08. The van der Waals surface area contributed by atoms with Gasteiger partial charge >= 0.3 is 17.7 Å². The molecule has 2 rings (SSSR count). The molecule has 1 aromatic rings. The summed E-state index contributed by atoms with van der Waals surface area (Å²) >= 11 is 0. The van der Waals surface area contributed by atoms with E-state index in [9.17, 15) is 24.8 Å². The maximum atomic E-state index is 12.5. The first-order valence-corrected chi connectivity index (χ1v) is 8.37. The number of benzene rings is 1. The summed E-state index contributed by atoms with van der Waals surface area (Å²) in [6.45, 7) is 3.69. The lowest BCUT2D eigenvalue weighted by Gasteiger charge is -2.29. The molecule has 0 fully saturated rings. The first kappa shape index (κ1) is 20.1. The number of amides is 2. The van der Waals surface area contributed by atoms with Gasteiger partial charge in [0.1, 0.15) is 5.92 Å². The fourth-order valence-corrected chi connectivity index (χ4v) is 2.80. The lowest BCUT2D eigenvalue weighted by atomic mass is 9.88. The fourth-order valence-electron chi connectivity index (χ4n) is 2.80. The molecule has 1 aliphatic rings. The molecule has 0 radical (unpaired) electrons. The van der Waals surface area contributed by atoms with Crippen LogP contribution in [0.3, 0.4) is 0 Å². The third-order valence-electron chi connectivity index (χ3n) is 4.19. The molecule has 0 bridgehead atoms. The fraction of sp³-hybridized carbons (Fsp3) is 0.471. The van der Waals surface area contributed by atoms with E-state index in [4.69, 9.17) is 9.47 Å². The van der Waals surface area contributed by atoms with Gasteiger partial charge in [-0.3, -0.25) is 14.9 Å². The number of carbonyl (C=O) groups is 2. The third-order valence-corrected chi connectivity index (χ3v) is 4.19. The van der Waals surface area contributed by atoms with Crippen LogP contribution in [0.2, 0.25) is 0 Å². The zero-order valence-electron chi connectivity index (χ0n) is 15.2. The van der Waals surface area contributed by atoms with Gasteiger partial charge in [0.25, 0.3) is 0 Å². The van der Waals surface area contributed by atoms with Crippen LogP contribution in [0.25, 0.3) is 0 Å². The summed E-state index contributed by atoms with van der Waals surface area (Å²) in [5, 5.41) is 23.7. The predicted molar refractivity (Wildman–Crippen MR) is 95.1 cm³/mol. The van der Waals surface area contributed by atoms with Gasteiger partial charge < -0.3 is 19.9 Å². The smallest absolute Gasteiger partial charge is 0.341 e. The van der Waals surface area contributed by atoms with Gasteiger partial charge in [0.15, 0.2) is 5.75 Å². The van der Waals surface area contributed by atoms with Crippen molar-refractivity contribution in [1.82, 2.24) is 5.32 Å². The summed E-state index contributed by atoms with van der Waals surface area (Å²) in [7, 11) is 1.24. The van der Waals surface area contributed by atoms with E-state index in [1.165, 1.54) is 20.1 Å². The number of nitrogens with zero attached hydrogens (tertiary/aromatic N) is 2. The van der Waals surface area contributed by atoms with Gasteiger partial charge in [-0.2, -0.15) is 0 Å². The number of rotatable bonds is 7. The molecule has 0 saturated heterocycles. The van der Waals surface area contributed by atoms with Gasteiger partial charge in [0, 0.05) is 11.8 Å². The van der Waals surface area contributed by atoms with Gasteiger partial charge in [-0.1, -0.05) is 13.3 Å². The van der Waals surface area contributed by atoms with Gasteiger partial charge in [-0.15, -0.1) is 0 Å². The Morgan fingerprint density at radius 2 is 2.15 bits per heavy atom. The second kappa shape index (κ2) is 8.47. The predicted octanol–water partition coefficient (Wildman–Crippen LogP) is 2.49. The van der Waals surface area contributed by atoms with Crippen LogP contribution < -0.4 is 10.1 Å². The molecular weight excluding hydrogens is 358 g/mol. The number of carbonyl (C=O) groups excluding carboxylic acids is 2. The highest BCUT2D eigenvalue weighted by Crippen LogP contribution is 2.40. The van der Waals surface area contributed by atoms with E-state index < -0.39 is 40.3 Å². The highest BCUT2D eigenvalue weighted by Gasteiger charge is 2.39. The Balaban J connectivity index is 2.48. The Kier molecular flexibility index (Phi) is 6.32. The molecule has 27 heavy (non-hydrogen) atoms. The summed E-state index contributed by atoms with van der Waals surface area (Å²) in [5.74, 6) is -2.33. The number of esters is 1. The Morgan fingerprint density at radius 1 is 1.44 bits per heavy atom. The van der Waals surface area contributed by atoms with Crippen LogP contribution in [-0.4, -0.2) is 41.5 Å². The van der Waals surface area contributed by atoms with Crippen LogP contribution in [0.4, 0.5) is 10.5 Å². The lowest BCUT2D eigenvalue weighted by Crippen LogP contribution is -2.44. The van der Waals surface area contributed by atoms with E-state index >= 15 is 0 Å². The monoisotopic (exact) mass is 379 g/mol. The lowest BCUT2D eigenvalue weighted by molar-refractivity contribution is -0.386. The number of nitro groups is 1. The second-order valence-electron chi connectivity index (χ2n) is 6.03. The Hall–Kier alpha value is -3.17. The topological polar surface area (TPSA) is 140 Å². The number of hydrogen-bond donors (Lipinski definition) is 2. The summed E-state index contributed by atoms with van der Waals surface area (Å²) in [6.07, 6.45) is 1.52. The van der Waals surface area contributed by atoms with Gasteiger partial charge in [-0.25, -0.2) is 9.79 Å². The van der Waals surface area contributed by atoms with E-state index in [0.29, 0.717) is 6.42 Å². The first-order valence-electron chi connectivity index (χ1n) is 8.37. The number of methoxy groups -OCH3 is 1. The molecule has 0 saturated carbocycles. The summed E-state index contributed by atoms with van der Waals surface area (Å²) < 4.78 is 10.2. The van der Waals surface area contributed by atoms with E-state index in [-0.39, 0.29) is 23.6 Å². The third kappa shape index (κ3) is 4.33. The van der Waals surface area contributed by atoms with Crippen LogP contribution in [0.1, 0.15) is 38.3 Å². The Bertz CT molecular complexity index is 791. The molecule has 10 heteroatoms. The quantitative estimate of drug-likeness (QED) is 0.321. The number of nitro benzene ring substituents is 1. The largest absolute Gasteiger partial charge is 0.500 e. The molecule has 10 nitrogen and oxygen atoms in total. The van der Waals surface area contributed by atoms with Gasteiger partial charge in [0.05, 0.1) is 24.7 Å². The second-order valence-corrected chi connectivity index (χ2v) is 6.03. The molecule has 2 amide bonds. The number of phenolic OH excluding ortho intramolecular Hbond substituents is 1. The van der Waals surface area contributed by atoms with Gasteiger partial charge in [-0.05, 0) is 25.0 Å². The summed E-state index contributed by atoms with van der Waals surface area (Å²) in [6, 6.07) is 0.800. The Morgan fingerprint density at radius 3 is 2.74 bits per heavy atom. The van der Waals surface area contributed by atoms with Crippen molar-refractivity contribution < 1.29 is 29.1 Å². The van der Waals surface area contributed by atoms with E-state index in [2.05, 4.69) is 10.3 Å². The first-order chi connectivity index (χ1) is 12.8. The number of aliphatic imine (C=N–C) groups is 1. The van der Waals surface area contributed by atoms with Crippen molar-refractivity contribution in [3.8, 4) is 11.5 Å². The molecule has 1 aliphatic heterocycles. The molecule has 2 unspecified atom stereocenters. The normalized spacial score (nSPS) is 19.1. The highest BCUT2D eigenvalue weighted by atomic mass is 16.6. The molecule has 1 heterocycles. The summed E-state index contributed by atoms with van der Waals surface area (Å²) in [4.78, 5) is 38.6. The van der Waals surface area contributed by atoms with Crippen molar-refractivity contribution in [3.05, 3.63) is 27.8 Å². The van der Waals surface area contributed by atoms with Crippen molar-refractivity contribution in [1.29, 1.82) is 0 Å². The standard InChI is InChI=1S/C17H21N3O7/c1-4-5-6-27-16(22)13-9(2)18-17(23)19-14(13)10-7-11(20(24)25)15(21)12(8-10)26-3/h7-8,13-14,21H,4-6H2,1-3H3,(H,19,23). The molecular formula is C17H21N3O7. The molecule has 0 aliphatic carbocycles. The number of phenols is 1. The molecule has 146 valence electrons. The number of urea groups is 1.